The summed E-state index contributed by atoms with van der Waals surface area (Å²) in [6, 6.07) is 29.2. The zero-order valence-corrected chi connectivity index (χ0v) is 29.5. The second-order valence-corrected chi connectivity index (χ2v) is 15.2. The maximum absolute atomic E-state index is 14.6. The molecule has 1 N–H and O–H groups in total. The van der Waals surface area contributed by atoms with Crippen LogP contribution < -0.4 is 9.62 Å². The number of nitrogens with one attached hydrogen (secondary N) is 1. The van der Waals surface area contributed by atoms with Gasteiger partial charge in [-0.1, -0.05) is 107 Å². The molecule has 10 heteroatoms. The van der Waals surface area contributed by atoms with Crippen LogP contribution in [0.25, 0.3) is 0 Å². The lowest BCUT2D eigenvalue weighted by Crippen LogP contribution is -2.55. The Bertz CT molecular complexity index is 1760. The normalized spacial score (nSPS) is 14.3. The molecule has 1 aliphatic carbocycles. The number of sulfonamides is 1. The van der Waals surface area contributed by atoms with Crippen molar-refractivity contribution in [3.05, 3.63) is 129 Å². The predicted molar refractivity (Wildman–Crippen MR) is 191 cm³/mol. The number of anilines is 1. The van der Waals surface area contributed by atoms with Crippen molar-refractivity contribution in [2.24, 2.45) is 0 Å². The first-order chi connectivity index (χ1) is 22.6. The van der Waals surface area contributed by atoms with Gasteiger partial charge in [0, 0.05) is 28.5 Å². The Kier molecular flexibility index (Phi) is 11.8. The zero-order valence-electron chi connectivity index (χ0n) is 26.3. The molecule has 0 saturated heterocycles. The molecule has 1 saturated carbocycles. The Balaban J connectivity index is 1.56. The summed E-state index contributed by atoms with van der Waals surface area (Å²) in [5, 5.41) is 3.73. The third kappa shape index (κ3) is 9.24. The number of carbonyl (C=O) groups is 2. The van der Waals surface area contributed by atoms with Gasteiger partial charge in [-0.25, -0.2) is 8.42 Å². The number of hydrogen-bond acceptors (Lipinski definition) is 4. The monoisotopic (exact) mass is 735 g/mol. The lowest BCUT2D eigenvalue weighted by atomic mass is 9.94. The lowest BCUT2D eigenvalue weighted by Gasteiger charge is -2.35. The Morgan fingerprint density at radius 3 is 2.19 bits per heavy atom. The molecule has 0 heterocycles. The maximum atomic E-state index is 14.6. The Morgan fingerprint density at radius 1 is 0.872 bits per heavy atom. The number of amides is 2. The minimum Gasteiger partial charge on any atom is -0.352 e. The van der Waals surface area contributed by atoms with Gasteiger partial charge in [0.1, 0.15) is 12.6 Å². The van der Waals surface area contributed by atoms with Gasteiger partial charge in [-0.05, 0) is 79.4 Å². The van der Waals surface area contributed by atoms with E-state index in [2.05, 4.69) is 21.2 Å². The number of hydrogen-bond donors (Lipinski definition) is 1. The highest BCUT2D eigenvalue weighted by molar-refractivity contribution is 9.10. The van der Waals surface area contributed by atoms with Crippen molar-refractivity contribution in [3.8, 4) is 0 Å². The van der Waals surface area contributed by atoms with Crippen molar-refractivity contribution < 1.29 is 18.0 Å². The maximum Gasteiger partial charge on any atom is 0.264 e. The number of benzene rings is 4. The van der Waals surface area contributed by atoms with Crippen LogP contribution >= 0.6 is 27.5 Å². The second-order valence-electron chi connectivity index (χ2n) is 12.0. The molecule has 7 nitrogen and oxygen atoms in total. The summed E-state index contributed by atoms with van der Waals surface area (Å²) >= 11 is 9.77. The summed E-state index contributed by atoms with van der Waals surface area (Å²) in [5.41, 5.74) is 2.86. The molecule has 0 aromatic heterocycles. The molecule has 1 fully saturated rings. The SMILES string of the molecule is Cc1ccc(S(=O)(=O)N(CC(=O)N(Cc2cccc(Cl)c2)[C@H](Cc2ccccc2)C(=O)NC2CCCCC2)c2ccc(Br)cc2)cc1. The van der Waals surface area contributed by atoms with Crippen LogP contribution in [-0.4, -0.2) is 43.8 Å². The first kappa shape index (κ1) is 34.7. The fourth-order valence-electron chi connectivity index (χ4n) is 5.90. The molecule has 1 aliphatic rings. The van der Waals surface area contributed by atoms with Gasteiger partial charge >= 0.3 is 0 Å². The molecule has 0 unspecified atom stereocenters. The molecule has 0 bridgehead atoms. The van der Waals surface area contributed by atoms with Gasteiger partial charge in [0.15, 0.2) is 0 Å². The standard InChI is InChI=1S/C37H39BrClN3O4S/c1-27-15-21-34(22-16-27)47(45,46)42(33-19-17-30(38)18-20-33)26-36(43)41(25-29-11-8-12-31(39)23-29)35(24-28-9-4-2-5-10-28)37(44)40-32-13-6-3-7-14-32/h2,4-5,8-12,15-23,32,35H,3,6-7,13-14,24-26H2,1H3,(H,40,44)/t35-/m1/s1. The summed E-state index contributed by atoms with van der Waals surface area (Å²) in [6.07, 6.45) is 5.25. The minimum absolute atomic E-state index is 0.0267. The van der Waals surface area contributed by atoms with Crippen molar-refractivity contribution in [1.82, 2.24) is 10.2 Å². The van der Waals surface area contributed by atoms with E-state index in [4.69, 9.17) is 11.6 Å². The van der Waals surface area contributed by atoms with E-state index in [1.165, 1.54) is 4.90 Å². The van der Waals surface area contributed by atoms with Crippen molar-refractivity contribution in [3.63, 3.8) is 0 Å². The zero-order chi connectivity index (χ0) is 33.4. The van der Waals surface area contributed by atoms with Gasteiger partial charge in [-0.15, -0.1) is 0 Å². The van der Waals surface area contributed by atoms with Crippen molar-refractivity contribution in [2.75, 3.05) is 10.8 Å². The summed E-state index contributed by atoms with van der Waals surface area (Å²) in [5.74, 6) is -0.768. The van der Waals surface area contributed by atoms with Crippen LogP contribution in [0.3, 0.4) is 0 Å². The van der Waals surface area contributed by atoms with E-state index in [1.807, 2.05) is 43.3 Å². The highest BCUT2D eigenvalue weighted by atomic mass is 79.9. The lowest BCUT2D eigenvalue weighted by molar-refractivity contribution is -0.140. The minimum atomic E-state index is -4.17. The number of nitrogens with zero attached hydrogens (tertiary/aromatic N) is 2. The Labute approximate surface area is 291 Å². The van der Waals surface area contributed by atoms with E-state index >= 15 is 0 Å². The summed E-state index contributed by atoms with van der Waals surface area (Å²) in [7, 11) is -4.17. The summed E-state index contributed by atoms with van der Waals surface area (Å²) in [4.78, 5) is 30.4. The van der Waals surface area contributed by atoms with Crippen molar-refractivity contribution >= 4 is 55.1 Å². The number of halogens is 2. The largest absolute Gasteiger partial charge is 0.352 e. The molecule has 0 spiro atoms. The molecule has 5 rings (SSSR count). The summed E-state index contributed by atoms with van der Waals surface area (Å²) < 4.78 is 30.3. The molecule has 0 aliphatic heterocycles. The third-order valence-electron chi connectivity index (χ3n) is 8.47. The molecular weight excluding hydrogens is 698 g/mol. The Hall–Kier alpha value is -3.66. The van der Waals surface area contributed by atoms with Gasteiger partial charge in [0.05, 0.1) is 10.6 Å². The molecule has 1 atom stereocenters. The van der Waals surface area contributed by atoms with Crippen molar-refractivity contribution in [1.29, 1.82) is 0 Å². The van der Waals surface area contributed by atoms with E-state index in [1.54, 1.807) is 66.7 Å². The van der Waals surface area contributed by atoms with Crippen LogP contribution in [0.1, 0.15) is 48.8 Å². The van der Waals surface area contributed by atoms with Gasteiger partial charge in [0.2, 0.25) is 11.8 Å². The average molecular weight is 737 g/mol. The van der Waals surface area contributed by atoms with Crippen LogP contribution in [0.5, 0.6) is 0 Å². The highest BCUT2D eigenvalue weighted by Crippen LogP contribution is 2.27. The fourth-order valence-corrected chi connectivity index (χ4v) is 7.80. The quantitative estimate of drug-likeness (QED) is 0.162. The van der Waals surface area contributed by atoms with Crippen LogP contribution in [0.2, 0.25) is 5.02 Å². The van der Waals surface area contributed by atoms with E-state index in [-0.39, 0.29) is 29.8 Å². The average Bonchev–Trinajstić information content (AvgIpc) is 3.06. The van der Waals surface area contributed by atoms with Gasteiger partial charge in [0.25, 0.3) is 10.0 Å². The van der Waals surface area contributed by atoms with Gasteiger partial charge < -0.3 is 10.2 Å². The van der Waals surface area contributed by atoms with Crippen LogP contribution in [0.15, 0.2) is 112 Å². The van der Waals surface area contributed by atoms with Gasteiger partial charge in [-0.3, -0.25) is 13.9 Å². The van der Waals surface area contributed by atoms with Crippen LogP contribution in [-0.2, 0) is 32.6 Å². The molecular formula is C37H39BrClN3O4S. The summed E-state index contributed by atoms with van der Waals surface area (Å²) in [6.45, 7) is 1.43. The van der Waals surface area contributed by atoms with E-state index in [0.717, 1.165) is 57.6 Å². The van der Waals surface area contributed by atoms with E-state index in [9.17, 15) is 18.0 Å². The number of carbonyl (C=O) groups excluding carboxylic acids is 2. The van der Waals surface area contributed by atoms with Crippen molar-refractivity contribution in [2.45, 2.75) is 69.0 Å². The number of rotatable bonds is 12. The van der Waals surface area contributed by atoms with Gasteiger partial charge in [-0.2, -0.15) is 0 Å². The van der Waals surface area contributed by atoms with Crippen LogP contribution in [0, 0.1) is 6.92 Å². The molecule has 4 aromatic carbocycles. The smallest absolute Gasteiger partial charge is 0.264 e. The van der Waals surface area contributed by atoms with E-state index in [0.29, 0.717) is 10.7 Å². The third-order valence-corrected chi connectivity index (χ3v) is 11.0. The topological polar surface area (TPSA) is 86.8 Å². The predicted octanol–water partition coefficient (Wildman–Crippen LogP) is 7.70. The van der Waals surface area contributed by atoms with E-state index < -0.39 is 28.5 Å². The first-order valence-electron chi connectivity index (χ1n) is 15.8. The fraction of sp³-hybridized carbons (Fsp3) is 0.297. The molecule has 47 heavy (non-hydrogen) atoms. The molecule has 2 amide bonds. The molecule has 0 radical (unpaired) electrons. The first-order valence-corrected chi connectivity index (χ1v) is 18.4. The molecule has 4 aromatic rings. The highest BCUT2D eigenvalue weighted by Gasteiger charge is 2.35. The second kappa shape index (κ2) is 16.0. The Morgan fingerprint density at radius 2 is 1.53 bits per heavy atom. The number of aryl methyl sites for hydroxylation is 1. The van der Waals surface area contributed by atoms with Crippen LogP contribution in [0.4, 0.5) is 5.69 Å². The molecule has 246 valence electrons.